The minimum atomic E-state index is -0.360. The Kier molecular flexibility index (Phi) is 4.03. The molecular formula is C16H17N7O. The number of carbonyl (C=O) groups excluding carboxylic acids is 1. The molecule has 1 N–H and O–H groups in total. The molecule has 3 rings (SSSR count). The third kappa shape index (κ3) is 2.98. The van der Waals surface area contributed by atoms with Crippen molar-refractivity contribution in [2.45, 2.75) is 27.7 Å². The predicted molar refractivity (Wildman–Crippen MR) is 88.1 cm³/mol. The van der Waals surface area contributed by atoms with Crippen LogP contribution in [0.5, 0.6) is 0 Å². The fourth-order valence-corrected chi connectivity index (χ4v) is 2.12. The summed E-state index contributed by atoms with van der Waals surface area (Å²) in [6.07, 6.45) is 6.04. The second-order valence-corrected chi connectivity index (χ2v) is 5.48. The Morgan fingerprint density at radius 3 is 2.21 bits per heavy atom. The minimum Gasteiger partial charge on any atom is -0.318 e. The minimum absolute atomic E-state index is 0.235. The molecule has 0 aliphatic rings. The molecule has 24 heavy (non-hydrogen) atoms. The van der Waals surface area contributed by atoms with E-state index in [9.17, 15) is 4.79 Å². The Bertz CT molecular complexity index is 882. The van der Waals surface area contributed by atoms with Gasteiger partial charge in [0.05, 0.1) is 35.7 Å². The molecule has 0 saturated carbocycles. The summed E-state index contributed by atoms with van der Waals surface area (Å²) in [7, 11) is 0. The lowest BCUT2D eigenvalue weighted by Gasteiger charge is -2.06. The molecule has 0 unspecified atom stereocenters. The number of anilines is 1. The zero-order valence-corrected chi connectivity index (χ0v) is 13.9. The number of rotatable bonds is 3. The van der Waals surface area contributed by atoms with Gasteiger partial charge >= 0.3 is 0 Å². The highest BCUT2D eigenvalue weighted by Crippen LogP contribution is 2.15. The monoisotopic (exact) mass is 323 g/mol. The molecular weight excluding hydrogens is 306 g/mol. The maximum atomic E-state index is 12.1. The van der Waals surface area contributed by atoms with Gasteiger partial charge in [-0.3, -0.25) is 9.78 Å². The molecule has 8 nitrogen and oxygen atoms in total. The van der Waals surface area contributed by atoms with Crippen LogP contribution in [0, 0.1) is 27.7 Å². The number of carbonyl (C=O) groups is 1. The van der Waals surface area contributed by atoms with E-state index in [2.05, 4.69) is 30.4 Å². The van der Waals surface area contributed by atoms with Crippen LogP contribution in [0.1, 0.15) is 33.1 Å². The first-order chi connectivity index (χ1) is 11.5. The zero-order chi connectivity index (χ0) is 17.3. The summed E-state index contributed by atoms with van der Waals surface area (Å²) >= 11 is 0. The van der Waals surface area contributed by atoms with Crippen molar-refractivity contribution in [3.05, 3.63) is 53.1 Å². The van der Waals surface area contributed by atoms with Gasteiger partial charge in [0.1, 0.15) is 5.69 Å². The van der Waals surface area contributed by atoms with Crippen LogP contribution < -0.4 is 5.32 Å². The summed E-state index contributed by atoms with van der Waals surface area (Å²) < 4.78 is 1.68. The zero-order valence-electron chi connectivity index (χ0n) is 13.9. The lowest BCUT2D eigenvalue weighted by molar-refractivity contribution is 0.102. The van der Waals surface area contributed by atoms with Crippen molar-refractivity contribution in [2.75, 3.05) is 5.32 Å². The van der Waals surface area contributed by atoms with E-state index in [0.29, 0.717) is 11.6 Å². The number of hydrogen-bond acceptors (Lipinski definition) is 6. The van der Waals surface area contributed by atoms with Crippen molar-refractivity contribution in [3.63, 3.8) is 0 Å². The van der Waals surface area contributed by atoms with Crippen molar-refractivity contribution in [1.82, 2.24) is 29.7 Å². The second-order valence-electron chi connectivity index (χ2n) is 5.48. The van der Waals surface area contributed by atoms with E-state index in [1.54, 1.807) is 10.9 Å². The number of aryl methyl sites for hydroxylation is 2. The molecule has 0 saturated heterocycles. The molecule has 122 valence electrons. The van der Waals surface area contributed by atoms with Gasteiger partial charge in [-0.25, -0.2) is 19.6 Å². The average Bonchev–Trinajstić information content (AvgIpc) is 2.84. The van der Waals surface area contributed by atoms with Crippen LogP contribution in [0.15, 0.2) is 24.8 Å². The topological polar surface area (TPSA) is 98.5 Å². The third-order valence-electron chi connectivity index (χ3n) is 3.75. The standard InChI is InChI=1S/C16H17N7O/c1-9-5-18-14(8-17-9)15(24)21-13-6-19-16(20-7-13)23-12(4)10(2)11(3)22-23/h5-8H,1-4H3,(H,21,24). The van der Waals surface area contributed by atoms with Crippen molar-refractivity contribution in [3.8, 4) is 5.95 Å². The maximum Gasteiger partial charge on any atom is 0.275 e. The van der Waals surface area contributed by atoms with Crippen LogP contribution in [0.25, 0.3) is 5.95 Å². The number of nitrogens with one attached hydrogen (secondary N) is 1. The number of aromatic nitrogens is 6. The van der Waals surface area contributed by atoms with E-state index in [1.165, 1.54) is 18.6 Å². The molecule has 0 aliphatic heterocycles. The summed E-state index contributed by atoms with van der Waals surface area (Å²) in [4.78, 5) is 28.7. The fourth-order valence-electron chi connectivity index (χ4n) is 2.12. The first-order valence-electron chi connectivity index (χ1n) is 7.41. The molecule has 3 heterocycles. The van der Waals surface area contributed by atoms with Crippen LogP contribution in [-0.2, 0) is 0 Å². The molecule has 0 atom stereocenters. The van der Waals surface area contributed by atoms with Gasteiger partial charge < -0.3 is 5.32 Å². The van der Waals surface area contributed by atoms with Gasteiger partial charge in [-0.1, -0.05) is 0 Å². The first kappa shape index (κ1) is 15.7. The molecule has 1 amide bonds. The van der Waals surface area contributed by atoms with Gasteiger partial charge in [-0.2, -0.15) is 5.10 Å². The SMILES string of the molecule is Cc1cnc(C(=O)Nc2cnc(-n3nc(C)c(C)c3C)nc2)cn1. The van der Waals surface area contributed by atoms with Crippen LogP contribution >= 0.6 is 0 Å². The van der Waals surface area contributed by atoms with E-state index in [-0.39, 0.29) is 11.6 Å². The quantitative estimate of drug-likeness (QED) is 0.791. The molecule has 3 aromatic heterocycles. The van der Waals surface area contributed by atoms with Gasteiger partial charge in [-0.15, -0.1) is 0 Å². The highest BCUT2D eigenvalue weighted by Gasteiger charge is 2.12. The number of amides is 1. The van der Waals surface area contributed by atoms with Crippen molar-refractivity contribution in [2.24, 2.45) is 0 Å². The Morgan fingerprint density at radius 1 is 0.958 bits per heavy atom. The Labute approximate surface area is 139 Å². The normalized spacial score (nSPS) is 10.7. The van der Waals surface area contributed by atoms with Crippen LogP contribution in [0.2, 0.25) is 0 Å². The van der Waals surface area contributed by atoms with Crippen LogP contribution in [0.4, 0.5) is 5.69 Å². The molecule has 0 spiro atoms. The third-order valence-corrected chi connectivity index (χ3v) is 3.75. The van der Waals surface area contributed by atoms with E-state index in [1.807, 2.05) is 27.7 Å². The van der Waals surface area contributed by atoms with Crippen molar-refractivity contribution in [1.29, 1.82) is 0 Å². The van der Waals surface area contributed by atoms with Crippen molar-refractivity contribution < 1.29 is 4.79 Å². The average molecular weight is 323 g/mol. The summed E-state index contributed by atoms with van der Waals surface area (Å²) in [6, 6.07) is 0. The molecule has 0 bridgehead atoms. The summed E-state index contributed by atoms with van der Waals surface area (Å²) in [5.41, 5.74) is 4.49. The summed E-state index contributed by atoms with van der Waals surface area (Å²) in [5.74, 6) is 0.0950. The summed E-state index contributed by atoms with van der Waals surface area (Å²) in [5, 5.41) is 7.10. The second kappa shape index (κ2) is 6.15. The van der Waals surface area contributed by atoms with Gasteiger partial charge in [0.15, 0.2) is 0 Å². The molecule has 0 fully saturated rings. The number of hydrogen-bond donors (Lipinski definition) is 1. The predicted octanol–water partition coefficient (Wildman–Crippen LogP) is 1.94. The largest absolute Gasteiger partial charge is 0.318 e. The van der Waals surface area contributed by atoms with Gasteiger partial charge in [0, 0.05) is 11.9 Å². The van der Waals surface area contributed by atoms with E-state index >= 15 is 0 Å². The Morgan fingerprint density at radius 2 is 1.67 bits per heavy atom. The molecule has 8 heteroatoms. The molecule has 3 aromatic rings. The molecule has 0 aromatic carbocycles. The lowest BCUT2D eigenvalue weighted by Crippen LogP contribution is -2.15. The molecule has 0 aliphatic carbocycles. The van der Waals surface area contributed by atoms with Crippen LogP contribution in [-0.4, -0.2) is 35.6 Å². The highest BCUT2D eigenvalue weighted by molar-refractivity contribution is 6.02. The summed E-state index contributed by atoms with van der Waals surface area (Å²) in [6.45, 7) is 7.72. The first-order valence-corrected chi connectivity index (χ1v) is 7.41. The van der Waals surface area contributed by atoms with Gasteiger partial charge in [0.25, 0.3) is 11.9 Å². The Balaban J connectivity index is 1.78. The highest BCUT2D eigenvalue weighted by atomic mass is 16.1. The van der Waals surface area contributed by atoms with Crippen molar-refractivity contribution >= 4 is 11.6 Å². The van der Waals surface area contributed by atoms with E-state index < -0.39 is 0 Å². The van der Waals surface area contributed by atoms with Gasteiger partial charge in [0.2, 0.25) is 0 Å². The van der Waals surface area contributed by atoms with E-state index in [4.69, 9.17) is 0 Å². The van der Waals surface area contributed by atoms with Gasteiger partial charge in [-0.05, 0) is 33.3 Å². The maximum absolute atomic E-state index is 12.1. The number of nitrogens with zero attached hydrogens (tertiary/aromatic N) is 6. The lowest BCUT2D eigenvalue weighted by atomic mass is 10.2. The Hall–Kier alpha value is -3.16. The van der Waals surface area contributed by atoms with E-state index in [0.717, 1.165) is 22.6 Å². The van der Waals surface area contributed by atoms with Crippen LogP contribution in [0.3, 0.4) is 0 Å². The molecule has 0 radical (unpaired) electrons. The smallest absolute Gasteiger partial charge is 0.275 e. The fraction of sp³-hybridized carbons (Fsp3) is 0.250.